The summed E-state index contributed by atoms with van der Waals surface area (Å²) < 4.78 is 5.89. The quantitative estimate of drug-likeness (QED) is 0.302. The van der Waals surface area contributed by atoms with Gasteiger partial charge in [0.1, 0.15) is 6.61 Å². The minimum absolute atomic E-state index is 0.0891. The molecule has 130 valence electrons. The molecule has 0 aromatic heterocycles. The number of Topliss-reactive ketones (excluding diaryl/α,β-unsaturated/α-hetero) is 1. The molecular weight excluding hydrogens is 284 g/mol. The number of benzene rings is 1. The van der Waals surface area contributed by atoms with Crippen molar-refractivity contribution >= 4 is 5.78 Å². The maximum absolute atomic E-state index is 12.1. The van der Waals surface area contributed by atoms with E-state index >= 15 is 0 Å². The molecule has 0 aliphatic rings. The molecule has 0 spiro atoms. The first-order valence-electron chi connectivity index (χ1n) is 9.47. The van der Waals surface area contributed by atoms with Crippen molar-refractivity contribution in [3.63, 3.8) is 0 Å². The minimum Gasteiger partial charge on any atom is -0.370 e. The van der Waals surface area contributed by atoms with E-state index < -0.39 is 0 Å². The van der Waals surface area contributed by atoms with Gasteiger partial charge in [-0.15, -0.1) is 0 Å². The molecule has 0 fully saturated rings. The third kappa shape index (κ3) is 9.55. The predicted molar refractivity (Wildman–Crippen MR) is 98.0 cm³/mol. The Balaban J connectivity index is 2.20. The molecule has 0 heterocycles. The van der Waals surface area contributed by atoms with E-state index in [0.717, 1.165) is 24.8 Å². The van der Waals surface area contributed by atoms with Crippen LogP contribution in [0.25, 0.3) is 0 Å². The second-order valence-corrected chi connectivity index (χ2v) is 6.42. The Kier molecular flexibility index (Phi) is 11.5. The summed E-state index contributed by atoms with van der Waals surface area (Å²) in [5.74, 6) is 0.0891. The van der Waals surface area contributed by atoms with Gasteiger partial charge in [-0.3, -0.25) is 4.79 Å². The Bertz CT molecular complexity index is 400. The average Bonchev–Trinajstić information content (AvgIpc) is 2.59. The Morgan fingerprint density at radius 3 is 2.17 bits per heavy atom. The fourth-order valence-corrected chi connectivity index (χ4v) is 2.86. The zero-order chi connectivity index (χ0) is 16.8. The zero-order valence-electron chi connectivity index (χ0n) is 15.1. The zero-order valence-corrected chi connectivity index (χ0v) is 15.1. The summed E-state index contributed by atoms with van der Waals surface area (Å²) in [6, 6.07) is 9.44. The SMILES string of the molecule is CCCCCCCCCC(CCC)OCC(=O)c1ccccc1. The molecule has 2 nitrogen and oxygen atoms in total. The van der Waals surface area contributed by atoms with Crippen molar-refractivity contribution in [1.82, 2.24) is 0 Å². The Morgan fingerprint density at radius 2 is 1.52 bits per heavy atom. The molecule has 0 radical (unpaired) electrons. The van der Waals surface area contributed by atoms with Crippen LogP contribution in [0.3, 0.4) is 0 Å². The summed E-state index contributed by atoms with van der Waals surface area (Å²) in [7, 11) is 0. The van der Waals surface area contributed by atoms with Crippen LogP contribution >= 0.6 is 0 Å². The molecule has 1 aromatic carbocycles. The summed E-state index contributed by atoms with van der Waals surface area (Å²) >= 11 is 0. The Hall–Kier alpha value is -1.15. The second-order valence-electron chi connectivity index (χ2n) is 6.42. The van der Waals surface area contributed by atoms with Crippen molar-refractivity contribution in [3.8, 4) is 0 Å². The van der Waals surface area contributed by atoms with Crippen molar-refractivity contribution in [3.05, 3.63) is 35.9 Å². The predicted octanol–water partition coefficient (Wildman–Crippen LogP) is 6.20. The maximum atomic E-state index is 12.1. The summed E-state index contributed by atoms with van der Waals surface area (Å²) in [5.41, 5.74) is 0.749. The molecular formula is C21H34O2. The molecule has 1 unspecified atom stereocenters. The first kappa shape index (κ1) is 19.9. The molecule has 0 bridgehead atoms. The normalized spacial score (nSPS) is 12.3. The van der Waals surface area contributed by atoms with Gasteiger partial charge in [0.2, 0.25) is 0 Å². The fraction of sp³-hybridized carbons (Fsp3) is 0.667. The topological polar surface area (TPSA) is 26.3 Å². The highest BCUT2D eigenvalue weighted by molar-refractivity contribution is 5.96. The van der Waals surface area contributed by atoms with Gasteiger partial charge in [-0.1, -0.05) is 95.5 Å². The molecule has 1 aromatic rings. The van der Waals surface area contributed by atoms with Crippen LogP contribution in [-0.2, 0) is 4.74 Å². The molecule has 2 heteroatoms. The van der Waals surface area contributed by atoms with Crippen molar-refractivity contribution in [2.24, 2.45) is 0 Å². The standard InChI is InChI=1S/C21H34O2/c1-3-5-6-7-8-9-13-17-20(14-4-2)23-18-21(22)19-15-11-10-12-16-19/h10-12,15-16,20H,3-9,13-14,17-18H2,1-2H3. The van der Waals surface area contributed by atoms with E-state index in [4.69, 9.17) is 4.74 Å². The van der Waals surface area contributed by atoms with Gasteiger partial charge < -0.3 is 4.74 Å². The number of unbranched alkanes of at least 4 members (excludes halogenated alkanes) is 6. The van der Waals surface area contributed by atoms with Gasteiger partial charge in [0.25, 0.3) is 0 Å². The summed E-state index contributed by atoms with van der Waals surface area (Å²) in [5, 5.41) is 0. The molecule has 0 amide bonds. The van der Waals surface area contributed by atoms with Crippen LogP contribution in [0.1, 0.15) is 88.4 Å². The summed E-state index contributed by atoms with van der Waals surface area (Å²) in [6.07, 6.45) is 12.7. The van der Waals surface area contributed by atoms with Gasteiger partial charge in [-0.05, 0) is 12.8 Å². The lowest BCUT2D eigenvalue weighted by Crippen LogP contribution is -2.18. The highest BCUT2D eigenvalue weighted by atomic mass is 16.5. The summed E-state index contributed by atoms with van der Waals surface area (Å²) in [4.78, 5) is 12.1. The maximum Gasteiger partial charge on any atom is 0.188 e. The molecule has 0 aliphatic heterocycles. The van der Waals surface area contributed by atoms with Crippen LogP contribution in [-0.4, -0.2) is 18.5 Å². The lowest BCUT2D eigenvalue weighted by Gasteiger charge is -2.17. The number of ether oxygens (including phenoxy) is 1. The average molecular weight is 319 g/mol. The van der Waals surface area contributed by atoms with Crippen LogP contribution in [0.15, 0.2) is 30.3 Å². The number of carbonyl (C=O) groups excluding carboxylic acids is 1. The summed E-state index contributed by atoms with van der Waals surface area (Å²) in [6.45, 7) is 4.65. The van der Waals surface area contributed by atoms with Crippen molar-refractivity contribution in [2.45, 2.75) is 84.2 Å². The number of ketones is 1. The number of carbonyl (C=O) groups is 1. The molecule has 0 aliphatic carbocycles. The lowest BCUT2D eigenvalue weighted by molar-refractivity contribution is 0.0363. The van der Waals surface area contributed by atoms with E-state index in [1.165, 1.54) is 44.9 Å². The van der Waals surface area contributed by atoms with E-state index in [0.29, 0.717) is 0 Å². The molecule has 1 rings (SSSR count). The molecule has 23 heavy (non-hydrogen) atoms. The van der Waals surface area contributed by atoms with Crippen LogP contribution in [0.2, 0.25) is 0 Å². The second kappa shape index (κ2) is 13.3. The van der Waals surface area contributed by atoms with E-state index in [1.807, 2.05) is 30.3 Å². The third-order valence-electron chi connectivity index (χ3n) is 4.29. The van der Waals surface area contributed by atoms with Gasteiger partial charge in [-0.2, -0.15) is 0 Å². The van der Waals surface area contributed by atoms with Crippen LogP contribution in [0.4, 0.5) is 0 Å². The van der Waals surface area contributed by atoms with E-state index in [2.05, 4.69) is 13.8 Å². The molecule has 1 atom stereocenters. The highest BCUT2D eigenvalue weighted by Gasteiger charge is 2.12. The van der Waals surface area contributed by atoms with Gasteiger partial charge in [0, 0.05) is 5.56 Å². The van der Waals surface area contributed by atoms with E-state index in [1.54, 1.807) is 0 Å². The fourth-order valence-electron chi connectivity index (χ4n) is 2.86. The first-order valence-corrected chi connectivity index (χ1v) is 9.47. The number of hydrogen-bond donors (Lipinski definition) is 0. The largest absolute Gasteiger partial charge is 0.370 e. The van der Waals surface area contributed by atoms with E-state index in [9.17, 15) is 4.79 Å². The molecule has 0 saturated carbocycles. The van der Waals surface area contributed by atoms with Crippen LogP contribution in [0, 0.1) is 0 Å². The number of hydrogen-bond acceptors (Lipinski definition) is 2. The third-order valence-corrected chi connectivity index (χ3v) is 4.29. The molecule has 0 saturated heterocycles. The van der Waals surface area contributed by atoms with Gasteiger partial charge in [0.15, 0.2) is 5.78 Å². The Morgan fingerprint density at radius 1 is 0.870 bits per heavy atom. The minimum atomic E-state index is 0.0891. The van der Waals surface area contributed by atoms with E-state index in [-0.39, 0.29) is 18.5 Å². The van der Waals surface area contributed by atoms with Gasteiger partial charge in [-0.25, -0.2) is 0 Å². The molecule has 0 N–H and O–H groups in total. The van der Waals surface area contributed by atoms with Crippen molar-refractivity contribution in [2.75, 3.05) is 6.61 Å². The highest BCUT2D eigenvalue weighted by Crippen LogP contribution is 2.15. The number of rotatable bonds is 14. The van der Waals surface area contributed by atoms with Crippen molar-refractivity contribution in [1.29, 1.82) is 0 Å². The van der Waals surface area contributed by atoms with Crippen LogP contribution < -0.4 is 0 Å². The monoisotopic (exact) mass is 318 g/mol. The Labute approximate surface area is 142 Å². The van der Waals surface area contributed by atoms with Gasteiger partial charge in [0.05, 0.1) is 6.10 Å². The van der Waals surface area contributed by atoms with Crippen LogP contribution in [0.5, 0.6) is 0 Å². The smallest absolute Gasteiger partial charge is 0.188 e. The van der Waals surface area contributed by atoms with Gasteiger partial charge >= 0.3 is 0 Å². The van der Waals surface area contributed by atoms with Crippen molar-refractivity contribution < 1.29 is 9.53 Å². The first-order chi connectivity index (χ1) is 11.3. The lowest BCUT2D eigenvalue weighted by atomic mass is 10.0.